The molecular weight excluding hydrogens is 713 g/mol. The SMILES string of the molecule is CCCCC/C=C\C/C=C\CCCCCCCCCC(=O)OCC(COP(=O)(O)OCCN)OC(=O)CCCCCCCCC/C=C\C/C=C\CCCCC. The second-order valence-corrected chi connectivity index (χ2v) is 16.0. The first-order valence-corrected chi connectivity index (χ1v) is 23.6. The molecule has 0 aliphatic rings. The van der Waals surface area contributed by atoms with Crippen LogP contribution in [0, 0.1) is 0 Å². The van der Waals surface area contributed by atoms with Crippen molar-refractivity contribution in [2.24, 2.45) is 5.73 Å². The van der Waals surface area contributed by atoms with Crippen molar-refractivity contribution in [1.29, 1.82) is 0 Å². The molecule has 0 aliphatic heterocycles. The summed E-state index contributed by atoms with van der Waals surface area (Å²) in [5.41, 5.74) is 5.35. The number of nitrogens with two attached hydrogens (primary N) is 1. The number of carbonyl (C=O) groups excluding carboxylic acids is 2. The molecule has 0 fully saturated rings. The predicted octanol–water partition coefficient (Wildman–Crippen LogP) is 12.7. The van der Waals surface area contributed by atoms with E-state index in [0.29, 0.717) is 6.42 Å². The number of phosphoric ester groups is 1. The first-order chi connectivity index (χ1) is 26.8. The van der Waals surface area contributed by atoms with E-state index in [0.717, 1.165) is 70.6 Å². The fourth-order valence-electron chi connectivity index (χ4n) is 5.87. The molecule has 0 aromatic carbocycles. The lowest BCUT2D eigenvalue weighted by Crippen LogP contribution is -2.29. The van der Waals surface area contributed by atoms with Crippen molar-refractivity contribution in [2.45, 2.75) is 200 Å². The lowest BCUT2D eigenvalue weighted by molar-refractivity contribution is -0.161. The van der Waals surface area contributed by atoms with Gasteiger partial charge in [0.25, 0.3) is 0 Å². The van der Waals surface area contributed by atoms with Gasteiger partial charge in [0, 0.05) is 19.4 Å². The number of phosphoric acid groups is 1. The van der Waals surface area contributed by atoms with Gasteiger partial charge in [-0.15, -0.1) is 0 Å². The summed E-state index contributed by atoms with van der Waals surface area (Å²) >= 11 is 0. The van der Waals surface area contributed by atoms with Crippen LogP contribution in [0.2, 0.25) is 0 Å². The molecule has 0 aromatic rings. The number of allylic oxidation sites excluding steroid dienone is 8. The summed E-state index contributed by atoms with van der Waals surface area (Å²) in [6, 6.07) is 0. The van der Waals surface area contributed by atoms with Crippen LogP contribution >= 0.6 is 7.82 Å². The maximum Gasteiger partial charge on any atom is 0.472 e. The highest BCUT2D eigenvalue weighted by molar-refractivity contribution is 7.47. The van der Waals surface area contributed by atoms with Crippen LogP contribution in [0.1, 0.15) is 194 Å². The van der Waals surface area contributed by atoms with Gasteiger partial charge in [-0.05, 0) is 77.0 Å². The van der Waals surface area contributed by atoms with Crippen molar-refractivity contribution in [3.63, 3.8) is 0 Å². The molecule has 0 bridgehead atoms. The Morgan fingerprint density at radius 3 is 1.38 bits per heavy atom. The maximum absolute atomic E-state index is 12.6. The molecule has 2 unspecified atom stereocenters. The van der Waals surface area contributed by atoms with Crippen LogP contribution in [-0.2, 0) is 32.7 Å². The third-order valence-electron chi connectivity index (χ3n) is 9.19. The molecule has 320 valence electrons. The molecule has 0 aromatic heterocycles. The van der Waals surface area contributed by atoms with Gasteiger partial charge in [-0.25, -0.2) is 4.57 Å². The first-order valence-electron chi connectivity index (χ1n) is 22.1. The lowest BCUT2D eigenvalue weighted by Gasteiger charge is -2.19. The van der Waals surface area contributed by atoms with E-state index in [1.165, 1.54) is 89.9 Å². The quantitative estimate of drug-likeness (QED) is 0.0268. The summed E-state index contributed by atoms with van der Waals surface area (Å²) in [7, 11) is -4.38. The van der Waals surface area contributed by atoms with Crippen molar-refractivity contribution in [3.05, 3.63) is 48.6 Å². The summed E-state index contributed by atoms with van der Waals surface area (Å²) in [5, 5.41) is 0. The summed E-state index contributed by atoms with van der Waals surface area (Å²) in [6.07, 6.45) is 47.0. The minimum Gasteiger partial charge on any atom is -0.462 e. The van der Waals surface area contributed by atoms with E-state index >= 15 is 0 Å². The monoisotopic (exact) mass is 796 g/mol. The van der Waals surface area contributed by atoms with Gasteiger partial charge in [0.2, 0.25) is 0 Å². The van der Waals surface area contributed by atoms with Crippen molar-refractivity contribution in [3.8, 4) is 0 Å². The first kappa shape index (κ1) is 53.0. The molecule has 0 aliphatic carbocycles. The number of carbonyl (C=O) groups is 2. The van der Waals surface area contributed by atoms with Crippen LogP contribution < -0.4 is 5.73 Å². The maximum atomic E-state index is 12.6. The van der Waals surface area contributed by atoms with Crippen molar-refractivity contribution >= 4 is 19.8 Å². The Morgan fingerprint density at radius 1 is 0.545 bits per heavy atom. The Bertz CT molecular complexity index is 1040. The van der Waals surface area contributed by atoms with Gasteiger partial charge in [-0.1, -0.05) is 152 Å². The summed E-state index contributed by atoms with van der Waals surface area (Å²) < 4.78 is 32.8. The molecule has 10 heteroatoms. The highest BCUT2D eigenvalue weighted by Crippen LogP contribution is 2.43. The molecule has 0 saturated carbocycles. The fraction of sp³-hybridized carbons (Fsp3) is 0.778. The van der Waals surface area contributed by atoms with Crippen LogP contribution in [0.25, 0.3) is 0 Å². The van der Waals surface area contributed by atoms with Gasteiger partial charge in [-0.3, -0.25) is 18.6 Å². The fourth-order valence-corrected chi connectivity index (χ4v) is 6.64. The number of ether oxygens (including phenoxy) is 2. The minimum atomic E-state index is -4.38. The van der Waals surface area contributed by atoms with E-state index in [-0.39, 0.29) is 32.6 Å². The highest BCUT2D eigenvalue weighted by atomic mass is 31.2. The van der Waals surface area contributed by atoms with Gasteiger partial charge >= 0.3 is 19.8 Å². The van der Waals surface area contributed by atoms with E-state index < -0.39 is 32.5 Å². The van der Waals surface area contributed by atoms with Crippen LogP contribution in [0.5, 0.6) is 0 Å². The molecule has 0 rings (SSSR count). The van der Waals surface area contributed by atoms with Crippen LogP contribution in [-0.4, -0.2) is 49.3 Å². The normalized spacial score (nSPS) is 13.7. The second kappa shape index (κ2) is 41.6. The highest BCUT2D eigenvalue weighted by Gasteiger charge is 2.26. The van der Waals surface area contributed by atoms with E-state index in [4.69, 9.17) is 24.3 Å². The average molecular weight is 796 g/mol. The van der Waals surface area contributed by atoms with E-state index in [2.05, 4.69) is 62.5 Å². The van der Waals surface area contributed by atoms with Gasteiger partial charge < -0.3 is 20.1 Å². The predicted molar refractivity (Wildman–Crippen MR) is 229 cm³/mol. The van der Waals surface area contributed by atoms with Crippen molar-refractivity contribution < 1.29 is 37.6 Å². The summed E-state index contributed by atoms with van der Waals surface area (Å²) in [6.45, 7) is 3.67. The standard InChI is InChI=1S/C45H82NO8P/c1-3-5-7-9-11-13-15-17-19-21-23-25-27-29-31-33-35-37-44(47)51-41-43(42-53-55(49,50)52-40-39-46)54-45(48)38-36-34-32-30-28-26-24-22-20-18-16-14-12-10-8-6-4-2/h11-14,17-20,43H,3-10,15-16,21-42,46H2,1-2H3,(H,49,50)/b13-11-,14-12-,19-17-,20-18-. The van der Waals surface area contributed by atoms with Crippen LogP contribution in [0.15, 0.2) is 48.6 Å². The number of esters is 2. The molecule has 0 saturated heterocycles. The number of hydrogen-bond acceptors (Lipinski definition) is 8. The zero-order valence-electron chi connectivity index (χ0n) is 35.2. The summed E-state index contributed by atoms with van der Waals surface area (Å²) in [5.74, 6) is -0.847. The Labute approximate surface area is 336 Å². The zero-order chi connectivity index (χ0) is 40.3. The Balaban J connectivity index is 4.17. The van der Waals surface area contributed by atoms with Gasteiger partial charge in [0.15, 0.2) is 6.10 Å². The molecule has 2 atom stereocenters. The smallest absolute Gasteiger partial charge is 0.462 e. The summed E-state index contributed by atoms with van der Waals surface area (Å²) in [4.78, 5) is 34.9. The topological polar surface area (TPSA) is 134 Å². The largest absolute Gasteiger partial charge is 0.472 e. The molecule has 0 heterocycles. The molecule has 0 amide bonds. The minimum absolute atomic E-state index is 0.0494. The van der Waals surface area contributed by atoms with Crippen LogP contribution in [0.3, 0.4) is 0 Å². The lowest BCUT2D eigenvalue weighted by atomic mass is 10.1. The molecule has 55 heavy (non-hydrogen) atoms. The Morgan fingerprint density at radius 2 is 0.945 bits per heavy atom. The average Bonchev–Trinajstić information content (AvgIpc) is 3.17. The van der Waals surface area contributed by atoms with E-state index in [1.54, 1.807) is 0 Å². The van der Waals surface area contributed by atoms with E-state index in [1.807, 2.05) is 0 Å². The molecule has 3 N–H and O–H groups in total. The van der Waals surface area contributed by atoms with Gasteiger partial charge in [-0.2, -0.15) is 0 Å². The van der Waals surface area contributed by atoms with Crippen LogP contribution in [0.4, 0.5) is 0 Å². The number of unbranched alkanes of at least 4 members (excludes halogenated alkanes) is 20. The Hall–Kier alpha value is -2.03. The van der Waals surface area contributed by atoms with Crippen molar-refractivity contribution in [1.82, 2.24) is 0 Å². The third-order valence-corrected chi connectivity index (χ3v) is 10.2. The third kappa shape index (κ3) is 41.4. The molecule has 9 nitrogen and oxygen atoms in total. The Kier molecular flexibility index (Phi) is 40.1. The molecular formula is C45H82NO8P. The zero-order valence-corrected chi connectivity index (χ0v) is 36.0. The second-order valence-electron chi connectivity index (χ2n) is 14.6. The number of rotatable bonds is 41. The van der Waals surface area contributed by atoms with Gasteiger partial charge in [0.1, 0.15) is 6.61 Å². The molecule has 0 spiro atoms. The van der Waals surface area contributed by atoms with Crippen molar-refractivity contribution in [2.75, 3.05) is 26.4 Å². The molecule has 0 radical (unpaired) electrons. The number of hydrogen-bond donors (Lipinski definition) is 2. The van der Waals surface area contributed by atoms with E-state index in [9.17, 15) is 19.0 Å². The van der Waals surface area contributed by atoms with Gasteiger partial charge in [0.05, 0.1) is 13.2 Å².